The van der Waals surface area contributed by atoms with Gasteiger partial charge in [0.2, 0.25) is 0 Å². The van der Waals surface area contributed by atoms with Crippen LogP contribution < -0.4 is 16.4 Å². The average Bonchev–Trinajstić information content (AvgIpc) is 2.82. The molecule has 162 valence electrons. The minimum absolute atomic E-state index is 0.0227. The summed E-state index contributed by atoms with van der Waals surface area (Å²) in [6.45, 7) is 0.900. The first kappa shape index (κ1) is 21.3. The summed E-state index contributed by atoms with van der Waals surface area (Å²) in [7, 11) is 0. The van der Waals surface area contributed by atoms with Crippen LogP contribution in [0, 0.1) is 0 Å². The van der Waals surface area contributed by atoms with E-state index in [-0.39, 0.29) is 12.3 Å². The van der Waals surface area contributed by atoms with Gasteiger partial charge in [-0.25, -0.2) is 4.98 Å². The van der Waals surface area contributed by atoms with Crippen molar-refractivity contribution in [2.45, 2.75) is 12.0 Å². The van der Waals surface area contributed by atoms with Crippen LogP contribution in [-0.4, -0.2) is 40.6 Å². The summed E-state index contributed by atoms with van der Waals surface area (Å²) in [6.07, 6.45) is 4.16. The quantitative estimate of drug-likeness (QED) is 0.432. The van der Waals surface area contributed by atoms with Crippen LogP contribution in [0.3, 0.4) is 0 Å². The van der Waals surface area contributed by atoms with Crippen LogP contribution in [0.2, 0.25) is 0 Å². The van der Waals surface area contributed by atoms with E-state index in [9.17, 15) is 14.7 Å². The van der Waals surface area contributed by atoms with Gasteiger partial charge in [0.15, 0.2) is 5.60 Å². The molecule has 0 fully saturated rings. The molecule has 1 aliphatic rings. The van der Waals surface area contributed by atoms with Crippen LogP contribution >= 0.6 is 0 Å². The van der Waals surface area contributed by atoms with E-state index in [0.717, 1.165) is 27.8 Å². The van der Waals surface area contributed by atoms with Crippen LogP contribution in [0.15, 0.2) is 84.5 Å². The van der Waals surface area contributed by atoms with Gasteiger partial charge in [0.05, 0.1) is 11.2 Å². The zero-order valence-corrected chi connectivity index (χ0v) is 17.4. The number of primary amides is 1. The summed E-state index contributed by atoms with van der Waals surface area (Å²) in [4.78, 5) is 28.4. The lowest BCUT2D eigenvalue weighted by Crippen LogP contribution is -2.43. The monoisotopic (exact) mass is 428 g/mol. The molecule has 7 heteroatoms. The lowest BCUT2D eigenvalue weighted by molar-refractivity contribution is -0.131. The molecule has 2 aromatic carbocycles. The van der Waals surface area contributed by atoms with E-state index < -0.39 is 11.5 Å². The molecule has 32 heavy (non-hydrogen) atoms. The Morgan fingerprint density at radius 3 is 2.53 bits per heavy atom. The topological polar surface area (TPSA) is 117 Å². The van der Waals surface area contributed by atoms with E-state index >= 15 is 0 Å². The molecule has 1 heterocycles. The molecule has 3 aromatic rings. The van der Waals surface area contributed by atoms with Crippen molar-refractivity contribution in [1.82, 2.24) is 10.3 Å². The molecule has 0 spiro atoms. The first-order valence-electron chi connectivity index (χ1n) is 10.4. The van der Waals surface area contributed by atoms with Crippen molar-refractivity contribution in [3.05, 3.63) is 84.5 Å². The number of amides is 2. The van der Waals surface area contributed by atoms with Crippen LogP contribution in [0.4, 0.5) is 5.69 Å². The summed E-state index contributed by atoms with van der Waals surface area (Å²) < 4.78 is 0. The number of aromatic nitrogens is 1. The molecule has 1 atom stereocenters. The molecule has 7 nitrogen and oxygen atoms in total. The zero-order chi connectivity index (χ0) is 22.6. The molecule has 4 rings (SSSR count). The highest BCUT2D eigenvalue weighted by molar-refractivity contribution is 5.98. The highest BCUT2D eigenvalue weighted by atomic mass is 16.3. The Balaban J connectivity index is 1.41. The van der Waals surface area contributed by atoms with E-state index in [4.69, 9.17) is 10.7 Å². The number of fused-ring (bicyclic) bond motifs is 1. The molecular weight excluding hydrogens is 404 g/mol. The van der Waals surface area contributed by atoms with Crippen LogP contribution in [0.5, 0.6) is 0 Å². The number of pyridine rings is 1. The third kappa shape index (κ3) is 4.53. The molecule has 1 aromatic heterocycles. The fourth-order valence-electron chi connectivity index (χ4n) is 3.53. The largest absolute Gasteiger partial charge is 0.383 e. The highest BCUT2D eigenvalue weighted by Crippen LogP contribution is 2.28. The van der Waals surface area contributed by atoms with E-state index in [1.54, 1.807) is 0 Å². The van der Waals surface area contributed by atoms with Gasteiger partial charge in [0, 0.05) is 41.7 Å². The van der Waals surface area contributed by atoms with Gasteiger partial charge in [-0.3, -0.25) is 9.59 Å². The normalized spacial score (nSPS) is 17.6. The number of hydrogen-bond donors (Lipinski definition) is 4. The molecule has 0 saturated heterocycles. The summed E-state index contributed by atoms with van der Waals surface area (Å²) in [6, 6.07) is 19.9. The summed E-state index contributed by atoms with van der Waals surface area (Å²) in [5.74, 6) is -1.12. The molecule has 1 aliphatic carbocycles. The standard InChI is InChI=1S/C25H24N4O3/c26-24(31)25(32)12-10-18(11-13-25)23(30)28-15-14-27-22-16-21(17-6-2-1-3-7-17)29-20-9-5-4-8-19(20)22/h1-12,16,32H,13-15H2,(H2,26,31)(H,27,29)(H,28,30). The number of benzene rings is 2. The molecule has 0 saturated carbocycles. The fourth-order valence-corrected chi connectivity index (χ4v) is 3.53. The highest BCUT2D eigenvalue weighted by Gasteiger charge is 2.32. The second-order valence-corrected chi connectivity index (χ2v) is 7.61. The summed E-state index contributed by atoms with van der Waals surface area (Å²) in [5, 5.41) is 17.3. The Morgan fingerprint density at radius 1 is 1.06 bits per heavy atom. The van der Waals surface area contributed by atoms with Crippen molar-refractivity contribution in [2.24, 2.45) is 5.73 Å². The third-order valence-electron chi connectivity index (χ3n) is 5.37. The number of para-hydroxylation sites is 1. The van der Waals surface area contributed by atoms with E-state index in [1.165, 1.54) is 18.2 Å². The van der Waals surface area contributed by atoms with Crippen molar-refractivity contribution >= 4 is 28.4 Å². The maximum absolute atomic E-state index is 12.4. The molecule has 5 N–H and O–H groups in total. The van der Waals surface area contributed by atoms with Crippen molar-refractivity contribution in [3.63, 3.8) is 0 Å². The molecule has 1 unspecified atom stereocenters. The Kier molecular flexibility index (Phi) is 6.00. The SMILES string of the molecule is NC(=O)C1(O)C=CC(C(=O)NCCNc2cc(-c3ccccc3)nc3ccccc23)=CC1. The van der Waals surface area contributed by atoms with Crippen molar-refractivity contribution in [2.75, 3.05) is 18.4 Å². The van der Waals surface area contributed by atoms with Gasteiger partial charge in [-0.15, -0.1) is 0 Å². The summed E-state index contributed by atoms with van der Waals surface area (Å²) in [5.41, 5.74) is 7.56. The Morgan fingerprint density at radius 2 is 1.81 bits per heavy atom. The van der Waals surface area contributed by atoms with Gasteiger partial charge in [-0.1, -0.05) is 60.7 Å². The van der Waals surface area contributed by atoms with Crippen molar-refractivity contribution in [1.29, 1.82) is 0 Å². The zero-order valence-electron chi connectivity index (χ0n) is 17.4. The minimum Gasteiger partial charge on any atom is -0.383 e. The van der Waals surface area contributed by atoms with Crippen LogP contribution in [-0.2, 0) is 9.59 Å². The van der Waals surface area contributed by atoms with Gasteiger partial charge >= 0.3 is 0 Å². The van der Waals surface area contributed by atoms with Gasteiger partial charge in [0.25, 0.3) is 11.8 Å². The number of nitrogens with two attached hydrogens (primary N) is 1. The number of nitrogens with zero attached hydrogens (tertiary/aromatic N) is 1. The number of hydrogen-bond acceptors (Lipinski definition) is 5. The van der Waals surface area contributed by atoms with Gasteiger partial charge < -0.3 is 21.5 Å². The van der Waals surface area contributed by atoms with Crippen molar-refractivity contribution in [3.8, 4) is 11.3 Å². The first-order chi connectivity index (χ1) is 15.5. The lowest BCUT2D eigenvalue weighted by atomic mass is 9.91. The minimum atomic E-state index is -1.73. The number of carbonyl (C=O) groups excluding carboxylic acids is 2. The Labute approximate surface area is 185 Å². The first-order valence-corrected chi connectivity index (χ1v) is 10.4. The van der Waals surface area contributed by atoms with Crippen molar-refractivity contribution < 1.29 is 14.7 Å². The third-order valence-corrected chi connectivity index (χ3v) is 5.37. The van der Waals surface area contributed by atoms with E-state index in [0.29, 0.717) is 18.7 Å². The lowest BCUT2D eigenvalue weighted by Gasteiger charge is -2.22. The molecule has 0 radical (unpaired) electrons. The predicted octanol–water partition coefficient (Wildman–Crippen LogP) is 2.53. The number of anilines is 1. The van der Waals surface area contributed by atoms with E-state index in [1.807, 2.05) is 60.7 Å². The van der Waals surface area contributed by atoms with Gasteiger partial charge in [-0.2, -0.15) is 0 Å². The second-order valence-electron chi connectivity index (χ2n) is 7.61. The average molecular weight is 428 g/mol. The number of rotatable bonds is 7. The van der Waals surface area contributed by atoms with Crippen LogP contribution in [0.25, 0.3) is 22.2 Å². The molecule has 2 amide bonds. The fraction of sp³-hybridized carbons (Fsp3) is 0.160. The van der Waals surface area contributed by atoms with Gasteiger partial charge in [0.1, 0.15) is 0 Å². The smallest absolute Gasteiger partial charge is 0.253 e. The van der Waals surface area contributed by atoms with E-state index in [2.05, 4.69) is 10.6 Å². The summed E-state index contributed by atoms with van der Waals surface area (Å²) >= 11 is 0. The molecule has 0 bridgehead atoms. The maximum atomic E-state index is 12.4. The predicted molar refractivity (Wildman–Crippen MR) is 125 cm³/mol. The molecular formula is C25H24N4O3. The number of carbonyl (C=O) groups is 2. The molecule has 0 aliphatic heterocycles. The second kappa shape index (κ2) is 9.03. The Bertz CT molecular complexity index is 1220. The van der Waals surface area contributed by atoms with Gasteiger partial charge in [-0.05, 0) is 18.2 Å². The number of aliphatic hydroxyl groups is 1. The van der Waals surface area contributed by atoms with Crippen LogP contribution in [0.1, 0.15) is 6.42 Å². The maximum Gasteiger partial charge on any atom is 0.253 e. The Hall–Kier alpha value is -3.97. The number of nitrogens with one attached hydrogen (secondary N) is 2.